The summed E-state index contributed by atoms with van der Waals surface area (Å²) < 4.78 is 5.32. The molecule has 0 bridgehead atoms. The molecule has 0 spiro atoms. The Hall–Kier alpha value is -2.61. The number of nitro groups is 1. The third kappa shape index (κ3) is 4.45. The van der Waals surface area contributed by atoms with E-state index in [1.165, 1.54) is 17.0 Å². The number of ether oxygens (including phenoxy) is 1. The fourth-order valence-corrected chi connectivity index (χ4v) is 2.27. The molecular formula is C16H21N3O5. The maximum absolute atomic E-state index is 12.2. The Balaban J connectivity index is 2.21. The number of aromatic nitrogens is 1. The Kier molecular flexibility index (Phi) is 5.08. The quantitative estimate of drug-likeness (QED) is 0.645. The van der Waals surface area contributed by atoms with Crippen molar-refractivity contribution in [2.45, 2.75) is 32.9 Å². The molecule has 1 amide bonds. The Morgan fingerprint density at radius 3 is 2.67 bits per heavy atom. The number of nitrogens with one attached hydrogen (secondary N) is 1. The van der Waals surface area contributed by atoms with Gasteiger partial charge in [0.25, 0.3) is 5.69 Å². The minimum Gasteiger partial charge on any atom is -0.444 e. The van der Waals surface area contributed by atoms with Crippen molar-refractivity contribution in [1.82, 2.24) is 9.88 Å². The van der Waals surface area contributed by atoms with E-state index >= 15 is 0 Å². The molecule has 8 heteroatoms. The Morgan fingerprint density at radius 1 is 1.38 bits per heavy atom. The monoisotopic (exact) mass is 335 g/mol. The van der Waals surface area contributed by atoms with E-state index in [0.717, 1.165) is 5.52 Å². The molecular weight excluding hydrogens is 314 g/mol. The number of non-ortho nitro benzene ring substituents is 1. The van der Waals surface area contributed by atoms with Gasteiger partial charge in [-0.15, -0.1) is 0 Å². The highest BCUT2D eigenvalue weighted by Crippen LogP contribution is 2.22. The lowest BCUT2D eigenvalue weighted by atomic mass is 10.2. The molecule has 1 aromatic carbocycles. The summed E-state index contributed by atoms with van der Waals surface area (Å²) in [6, 6.07) is 6.26. The molecule has 0 saturated heterocycles. The van der Waals surface area contributed by atoms with E-state index in [0.29, 0.717) is 11.1 Å². The molecule has 24 heavy (non-hydrogen) atoms. The molecule has 2 rings (SSSR count). The molecule has 0 fully saturated rings. The summed E-state index contributed by atoms with van der Waals surface area (Å²) in [5.74, 6) is 0. The summed E-state index contributed by atoms with van der Waals surface area (Å²) in [6.45, 7) is 5.45. The van der Waals surface area contributed by atoms with Gasteiger partial charge in [0.2, 0.25) is 0 Å². The van der Waals surface area contributed by atoms with Crippen molar-refractivity contribution < 1.29 is 19.6 Å². The number of nitrogens with zero attached hydrogens (tertiary/aromatic N) is 2. The van der Waals surface area contributed by atoms with Gasteiger partial charge in [-0.25, -0.2) is 4.79 Å². The number of H-pyrrole nitrogens is 1. The molecule has 0 atom stereocenters. The third-order valence-electron chi connectivity index (χ3n) is 3.25. The zero-order valence-electron chi connectivity index (χ0n) is 13.9. The first kappa shape index (κ1) is 17.7. The fraction of sp³-hybridized carbons (Fsp3) is 0.438. The lowest BCUT2D eigenvalue weighted by Crippen LogP contribution is -2.38. The van der Waals surface area contributed by atoms with Crippen molar-refractivity contribution in [3.63, 3.8) is 0 Å². The molecule has 2 aromatic rings. The fourth-order valence-electron chi connectivity index (χ4n) is 2.27. The average molecular weight is 335 g/mol. The van der Waals surface area contributed by atoms with E-state index in [-0.39, 0.29) is 25.4 Å². The van der Waals surface area contributed by atoms with Gasteiger partial charge >= 0.3 is 6.09 Å². The molecule has 1 aromatic heterocycles. The smallest absolute Gasteiger partial charge is 0.410 e. The van der Waals surface area contributed by atoms with Crippen LogP contribution in [-0.2, 0) is 11.3 Å². The molecule has 8 nitrogen and oxygen atoms in total. The van der Waals surface area contributed by atoms with Crippen LogP contribution in [0.3, 0.4) is 0 Å². The van der Waals surface area contributed by atoms with E-state index in [2.05, 4.69) is 4.98 Å². The highest BCUT2D eigenvalue weighted by Gasteiger charge is 2.22. The van der Waals surface area contributed by atoms with E-state index < -0.39 is 16.6 Å². The molecule has 130 valence electrons. The lowest BCUT2D eigenvalue weighted by molar-refractivity contribution is -0.384. The number of benzene rings is 1. The van der Waals surface area contributed by atoms with Gasteiger partial charge in [0.1, 0.15) is 5.60 Å². The molecule has 0 unspecified atom stereocenters. The van der Waals surface area contributed by atoms with Crippen LogP contribution in [-0.4, -0.2) is 44.8 Å². The van der Waals surface area contributed by atoms with Crippen molar-refractivity contribution in [3.8, 4) is 0 Å². The van der Waals surface area contributed by atoms with Crippen molar-refractivity contribution >= 4 is 22.7 Å². The average Bonchev–Trinajstić information content (AvgIpc) is 2.86. The number of nitro benzene ring substituents is 1. The summed E-state index contributed by atoms with van der Waals surface area (Å²) in [5, 5.41) is 20.7. The van der Waals surface area contributed by atoms with Crippen LogP contribution in [0.4, 0.5) is 10.5 Å². The number of aliphatic hydroxyl groups excluding tert-OH is 1. The number of carbonyl (C=O) groups excluding carboxylic acids is 1. The highest BCUT2D eigenvalue weighted by atomic mass is 16.6. The minimum absolute atomic E-state index is 0.00686. The van der Waals surface area contributed by atoms with Crippen LogP contribution < -0.4 is 0 Å². The number of aliphatic hydroxyl groups is 1. The number of aromatic amines is 1. The maximum Gasteiger partial charge on any atom is 0.410 e. The standard InChI is InChI=1S/C16H21N3O5/c1-16(2,3)24-15(21)18(6-7-20)10-12-8-11-9-13(19(22)23)4-5-14(11)17-12/h4-5,8-9,17,20H,6-7,10H2,1-3H3. The second kappa shape index (κ2) is 6.88. The van der Waals surface area contributed by atoms with Crippen molar-refractivity contribution in [2.75, 3.05) is 13.2 Å². The van der Waals surface area contributed by atoms with E-state index in [1.807, 2.05) is 0 Å². The van der Waals surface area contributed by atoms with Gasteiger partial charge in [-0.05, 0) is 32.9 Å². The van der Waals surface area contributed by atoms with E-state index in [1.54, 1.807) is 32.9 Å². The lowest BCUT2D eigenvalue weighted by Gasteiger charge is -2.26. The summed E-state index contributed by atoms with van der Waals surface area (Å²) in [6.07, 6.45) is -0.527. The number of carbonyl (C=O) groups is 1. The molecule has 0 radical (unpaired) electrons. The number of amides is 1. The Morgan fingerprint density at radius 2 is 2.08 bits per heavy atom. The molecule has 0 aliphatic carbocycles. The zero-order valence-corrected chi connectivity index (χ0v) is 13.9. The van der Waals surface area contributed by atoms with Crippen LogP contribution in [0, 0.1) is 10.1 Å². The van der Waals surface area contributed by atoms with Gasteiger partial charge in [0, 0.05) is 35.3 Å². The highest BCUT2D eigenvalue weighted by molar-refractivity contribution is 5.82. The second-order valence-electron chi connectivity index (χ2n) is 6.45. The van der Waals surface area contributed by atoms with Gasteiger partial charge in [-0.2, -0.15) is 0 Å². The first-order valence-electron chi connectivity index (χ1n) is 7.54. The largest absolute Gasteiger partial charge is 0.444 e. The molecule has 0 aliphatic heterocycles. The normalized spacial score (nSPS) is 11.5. The minimum atomic E-state index is -0.633. The third-order valence-corrected chi connectivity index (χ3v) is 3.25. The first-order valence-corrected chi connectivity index (χ1v) is 7.54. The summed E-state index contributed by atoms with van der Waals surface area (Å²) in [4.78, 5) is 27.1. The zero-order chi connectivity index (χ0) is 17.9. The van der Waals surface area contributed by atoms with Gasteiger partial charge in [0.15, 0.2) is 0 Å². The molecule has 0 aliphatic rings. The van der Waals surface area contributed by atoms with Crippen LogP contribution in [0.15, 0.2) is 24.3 Å². The number of hydrogen-bond donors (Lipinski definition) is 2. The number of rotatable bonds is 5. The van der Waals surface area contributed by atoms with E-state index in [9.17, 15) is 14.9 Å². The number of hydrogen-bond acceptors (Lipinski definition) is 5. The number of fused-ring (bicyclic) bond motifs is 1. The van der Waals surface area contributed by atoms with Crippen molar-refractivity contribution in [3.05, 3.63) is 40.1 Å². The van der Waals surface area contributed by atoms with Crippen LogP contribution >= 0.6 is 0 Å². The molecule has 0 saturated carbocycles. The van der Waals surface area contributed by atoms with Gasteiger partial charge in [0.05, 0.1) is 18.1 Å². The van der Waals surface area contributed by atoms with Crippen molar-refractivity contribution in [1.29, 1.82) is 0 Å². The summed E-state index contributed by atoms with van der Waals surface area (Å²) in [7, 11) is 0. The summed E-state index contributed by atoms with van der Waals surface area (Å²) >= 11 is 0. The topological polar surface area (TPSA) is 109 Å². The first-order chi connectivity index (χ1) is 11.2. The Bertz CT molecular complexity index is 748. The van der Waals surface area contributed by atoms with Gasteiger partial charge in [-0.3, -0.25) is 10.1 Å². The molecule has 2 N–H and O–H groups in total. The Labute approximate surface area is 139 Å². The predicted molar refractivity (Wildman–Crippen MR) is 88.7 cm³/mol. The SMILES string of the molecule is CC(C)(C)OC(=O)N(CCO)Cc1cc2cc([N+](=O)[O-])ccc2[nH]1. The predicted octanol–water partition coefficient (Wildman–Crippen LogP) is 2.81. The van der Waals surface area contributed by atoms with E-state index in [4.69, 9.17) is 9.84 Å². The molecule has 1 heterocycles. The van der Waals surface area contributed by atoms with Crippen LogP contribution in [0.5, 0.6) is 0 Å². The van der Waals surface area contributed by atoms with Crippen LogP contribution in [0.1, 0.15) is 26.5 Å². The van der Waals surface area contributed by atoms with Crippen molar-refractivity contribution in [2.24, 2.45) is 0 Å². The maximum atomic E-state index is 12.2. The van der Waals surface area contributed by atoms with Crippen LogP contribution in [0.2, 0.25) is 0 Å². The second-order valence-corrected chi connectivity index (χ2v) is 6.45. The van der Waals surface area contributed by atoms with Gasteiger partial charge < -0.3 is 19.7 Å². The van der Waals surface area contributed by atoms with Crippen LogP contribution in [0.25, 0.3) is 10.9 Å². The summed E-state index contributed by atoms with van der Waals surface area (Å²) in [5.41, 5.74) is 0.812. The van der Waals surface area contributed by atoms with Gasteiger partial charge in [-0.1, -0.05) is 0 Å².